The van der Waals surface area contributed by atoms with Crippen molar-refractivity contribution in [2.75, 3.05) is 23.4 Å². The lowest BCUT2D eigenvalue weighted by atomic mass is 9.68. The zero-order chi connectivity index (χ0) is 38.3. The summed E-state index contributed by atoms with van der Waals surface area (Å²) in [5, 5.41) is 8.28. The fraction of sp³-hybridized carbons (Fsp3) is 0.333. The Morgan fingerprint density at radius 1 is 0.981 bits per heavy atom. The van der Waals surface area contributed by atoms with Gasteiger partial charge in [-0.2, -0.15) is 13.2 Å². The van der Waals surface area contributed by atoms with E-state index in [9.17, 15) is 40.8 Å². The number of H-pyrrole nitrogens is 1. The number of alkyl halides is 3. The maximum Gasteiger partial charge on any atom is 0.416 e. The third-order valence-electron chi connectivity index (χ3n) is 10.6. The molecule has 2 saturated carbocycles. The highest BCUT2D eigenvalue weighted by atomic mass is 32.2. The Kier molecular flexibility index (Phi) is 8.93. The van der Waals surface area contributed by atoms with Crippen LogP contribution in [0.1, 0.15) is 35.3 Å². The maximum atomic E-state index is 14.1. The van der Waals surface area contributed by atoms with Crippen LogP contribution >= 0.6 is 23.1 Å². The first-order valence-electron chi connectivity index (χ1n) is 16.9. The van der Waals surface area contributed by atoms with Crippen molar-refractivity contribution in [3.8, 4) is 11.5 Å². The summed E-state index contributed by atoms with van der Waals surface area (Å²) in [4.78, 5) is 57.7. The van der Waals surface area contributed by atoms with Crippen LogP contribution in [0.3, 0.4) is 0 Å². The Hall–Kier alpha value is -4.65. The van der Waals surface area contributed by atoms with E-state index in [4.69, 9.17) is 14.6 Å². The summed E-state index contributed by atoms with van der Waals surface area (Å²) in [5.74, 6) is -3.43. The summed E-state index contributed by atoms with van der Waals surface area (Å²) in [5.41, 5.74) is 0.0481. The minimum absolute atomic E-state index is 0.102. The van der Waals surface area contributed by atoms with E-state index in [1.165, 1.54) is 48.2 Å². The summed E-state index contributed by atoms with van der Waals surface area (Å²) >= 11 is 2.56. The lowest BCUT2D eigenvalue weighted by molar-refractivity contribution is -0.137. The molecule has 0 spiro atoms. The molecule has 8 rings (SSSR count). The molecule has 1 saturated heterocycles. The highest BCUT2D eigenvalue weighted by Gasteiger charge is 2.69. The van der Waals surface area contributed by atoms with Crippen molar-refractivity contribution in [3.63, 3.8) is 0 Å². The molecule has 3 amide bonds. The van der Waals surface area contributed by atoms with Crippen LogP contribution in [0.4, 0.5) is 24.5 Å². The van der Waals surface area contributed by atoms with E-state index in [2.05, 4.69) is 10.3 Å². The Bertz CT molecular complexity index is 2360. The second kappa shape index (κ2) is 13.3. The number of halogens is 3. The second-order valence-electron chi connectivity index (χ2n) is 13.6. The number of nitrogens with one attached hydrogen (secondary N) is 2. The predicted octanol–water partition coefficient (Wildman–Crippen LogP) is 5.20. The molecule has 3 fully saturated rings. The number of thiazole rings is 1. The number of sulfonamides is 1. The van der Waals surface area contributed by atoms with Gasteiger partial charge in [0.1, 0.15) is 0 Å². The van der Waals surface area contributed by atoms with Gasteiger partial charge in [0.25, 0.3) is 5.91 Å². The highest BCUT2D eigenvalue weighted by Crippen LogP contribution is 2.69. The molecule has 3 heterocycles. The van der Waals surface area contributed by atoms with Gasteiger partial charge in [0.15, 0.2) is 18.1 Å². The van der Waals surface area contributed by atoms with E-state index in [1.807, 2.05) is 6.07 Å². The summed E-state index contributed by atoms with van der Waals surface area (Å²) < 4.78 is 75.6. The minimum Gasteiger partial charge on any atom is -0.490 e. The number of hydrogen-bond acceptors (Lipinski definition) is 10. The first-order valence-corrected chi connectivity index (χ1v) is 20.1. The molecular weight excluding hydrogens is 770 g/mol. The average molecular weight is 801 g/mol. The van der Waals surface area contributed by atoms with Crippen LogP contribution < -0.4 is 29.7 Å². The smallest absolute Gasteiger partial charge is 0.416 e. The topological polar surface area (TPSA) is 178 Å². The molecule has 2 bridgehead atoms. The van der Waals surface area contributed by atoms with Crippen molar-refractivity contribution in [2.45, 2.75) is 40.6 Å². The normalized spacial score (nSPS) is 25.6. The van der Waals surface area contributed by atoms with Crippen LogP contribution in [-0.2, 0) is 30.6 Å². The SMILES string of the molecule is CCOc1cc([C@H]2c3sc(=O)[nH]c3SC3C4CC(C5C(=O)N(c6cccc(C(F)(F)F)c6)C(=O)C45)C32)ccc1OCC(=O)Nc1ccc(S(N)(=O)=O)cc1. The number of anilines is 2. The summed E-state index contributed by atoms with van der Waals surface area (Å²) in [6, 6.07) is 14.9. The molecule has 2 aliphatic heterocycles. The number of nitrogens with two attached hydrogens (primary N) is 1. The summed E-state index contributed by atoms with van der Waals surface area (Å²) in [6.07, 6.45) is -4.07. The number of aromatic amines is 1. The first kappa shape index (κ1) is 36.3. The largest absolute Gasteiger partial charge is 0.490 e. The fourth-order valence-corrected chi connectivity index (χ4v) is 12.0. The van der Waals surface area contributed by atoms with Gasteiger partial charge in [-0.3, -0.25) is 24.1 Å². The van der Waals surface area contributed by atoms with Gasteiger partial charge >= 0.3 is 11.0 Å². The molecular formula is C36H31F3N4O8S3. The molecule has 12 nitrogen and oxygen atoms in total. The van der Waals surface area contributed by atoms with Crippen LogP contribution in [0.5, 0.6) is 11.5 Å². The molecule has 0 radical (unpaired) electrons. The molecule has 18 heteroatoms. The third-order valence-corrected chi connectivity index (χ3v) is 14.1. The van der Waals surface area contributed by atoms with Gasteiger partial charge in [0.2, 0.25) is 21.8 Å². The lowest BCUT2D eigenvalue weighted by Crippen LogP contribution is -2.42. The molecule has 1 aromatic heterocycles. The summed E-state index contributed by atoms with van der Waals surface area (Å²) in [7, 11) is -3.90. The third kappa shape index (κ3) is 6.17. The van der Waals surface area contributed by atoms with Crippen molar-refractivity contribution < 1.29 is 45.4 Å². The van der Waals surface area contributed by atoms with E-state index in [0.29, 0.717) is 22.9 Å². The molecule has 3 aromatic carbocycles. The fourth-order valence-electron chi connectivity index (χ4n) is 8.64. The lowest BCUT2D eigenvalue weighted by Gasteiger charge is -2.43. The van der Waals surface area contributed by atoms with Crippen LogP contribution in [-0.4, -0.2) is 49.6 Å². The van der Waals surface area contributed by atoms with Crippen molar-refractivity contribution >= 4 is 62.2 Å². The molecule has 4 aliphatic rings. The van der Waals surface area contributed by atoms with E-state index in [1.54, 1.807) is 19.1 Å². The number of hydrogen-bond donors (Lipinski definition) is 3. The number of amides is 3. The number of ether oxygens (including phenoxy) is 2. The number of primary sulfonamides is 1. The molecule has 54 heavy (non-hydrogen) atoms. The maximum absolute atomic E-state index is 14.1. The number of carbonyl (C=O) groups excluding carboxylic acids is 3. The van der Waals surface area contributed by atoms with Crippen molar-refractivity contribution in [3.05, 3.63) is 92.4 Å². The van der Waals surface area contributed by atoms with E-state index in [-0.39, 0.29) is 56.7 Å². The van der Waals surface area contributed by atoms with E-state index >= 15 is 0 Å². The van der Waals surface area contributed by atoms with Crippen molar-refractivity contribution in [2.24, 2.45) is 34.7 Å². The van der Waals surface area contributed by atoms with Gasteiger partial charge in [-0.1, -0.05) is 23.5 Å². The number of aromatic nitrogens is 1. The monoisotopic (exact) mass is 800 g/mol. The molecule has 7 atom stereocenters. The van der Waals surface area contributed by atoms with Gasteiger partial charge in [0.05, 0.1) is 39.6 Å². The molecule has 4 aromatic rings. The Labute approximate surface area is 314 Å². The molecule has 282 valence electrons. The standard InChI is InChI=1S/C36H31F3N4O8S3/c1-2-50-24-12-16(6-11-23(24)51-15-25(44)41-18-7-9-20(10-8-18)54(40,48)49)26-27-21-14-22(30(27)52-32-31(26)53-35(47)42-32)29-28(21)33(45)43(34(29)46)19-5-3-4-17(13-19)36(37,38)39/h3-13,21-22,26-30H,2,14-15H2,1H3,(H,41,44)(H,42,47)(H2,40,48,49)/t21?,22?,26-,27?,28?,29?,30?/m1/s1. The zero-order valence-corrected chi connectivity index (χ0v) is 30.6. The van der Waals surface area contributed by atoms with Gasteiger partial charge in [-0.25, -0.2) is 13.6 Å². The Balaban J connectivity index is 1.07. The number of thioether (sulfide) groups is 1. The number of carbonyl (C=O) groups is 3. The van der Waals surface area contributed by atoms with Gasteiger partial charge in [-0.15, -0.1) is 11.8 Å². The van der Waals surface area contributed by atoms with Crippen LogP contribution in [0, 0.1) is 29.6 Å². The first-order chi connectivity index (χ1) is 25.6. The van der Waals surface area contributed by atoms with Gasteiger partial charge < -0.3 is 19.8 Å². The highest BCUT2D eigenvalue weighted by molar-refractivity contribution is 8.00. The predicted molar refractivity (Wildman–Crippen MR) is 192 cm³/mol. The second-order valence-corrected chi connectivity index (χ2v) is 17.3. The van der Waals surface area contributed by atoms with Gasteiger partial charge in [-0.05, 0) is 91.3 Å². The number of rotatable bonds is 9. The van der Waals surface area contributed by atoms with Crippen LogP contribution in [0.2, 0.25) is 0 Å². The van der Waals surface area contributed by atoms with E-state index < -0.39 is 57.9 Å². The van der Waals surface area contributed by atoms with Crippen molar-refractivity contribution in [1.29, 1.82) is 0 Å². The number of benzene rings is 3. The Morgan fingerprint density at radius 3 is 2.39 bits per heavy atom. The van der Waals surface area contributed by atoms with Crippen LogP contribution in [0.25, 0.3) is 0 Å². The number of nitrogens with zero attached hydrogens (tertiary/aromatic N) is 1. The number of imide groups is 1. The Morgan fingerprint density at radius 2 is 1.70 bits per heavy atom. The van der Waals surface area contributed by atoms with Crippen molar-refractivity contribution in [1.82, 2.24) is 4.98 Å². The summed E-state index contributed by atoms with van der Waals surface area (Å²) in [6.45, 7) is 1.64. The molecule has 6 unspecified atom stereocenters. The minimum atomic E-state index is -4.65. The zero-order valence-electron chi connectivity index (χ0n) is 28.2. The van der Waals surface area contributed by atoms with Crippen LogP contribution in [0.15, 0.2) is 81.4 Å². The average Bonchev–Trinajstić information content (AvgIpc) is 3.86. The van der Waals surface area contributed by atoms with E-state index in [0.717, 1.165) is 38.8 Å². The molecule has 2 aliphatic carbocycles. The molecule has 4 N–H and O–H groups in total. The quantitative estimate of drug-likeness (QED) is 0.192. The number of fused-ring (bicyclic) bond motifs is 9. The van der Waals surface area contributed by atoms with Gasteiger partial charge in [0, 0.05) is 21.7 Å².